The first-order chi connectivity index (χ1) is 13.7. The average molecular weight is 389 g/mol. The van der Waals surface area contributed by atoms with Crippen LogP contribution in [0.25, 0.3) is 5.69 Å². The first-order valence-electron chi connectivity index (χ1n) is 9.73. The quantitative estimate of drug-likeness (QED) is 0.435. The van der Waals surface area contributed by atoms with E-state index in [-0.39, 0.29) is 12.4 Å². The van der Waals surface area contributed by atoms with Gasteiger partial charge in [-0.05, 0) is 100 Å². The van der Waals surface area contributed by atoms with Gasteiger partial charge in [0.1, 0.15) is 0 Å². The Hall–Kier alpha value is -3.14. The third-order valence-corrected chi connectivity index (χ3v) is 5.61. The summed E-state index contributed by atoms with van der Waals surface area (Å²) in [5.41, 5.74) is 8.33. The van der Waals surface area contributed by atoms with Gasteiger partial charge in [-0.2, -0.15) is 0 Å². The minimum atomic E-state index is -0.495. The normalized spacial score (nSPS) is 10.8. The van der Waals surface area contributed by atoms with Crippen LogP contribution in [0.3, 0.4) is 0 Å². The van der Waals surface area contributed by atoms with E-state index in [1.165, 1.54) is 0 Å². The zero-order valence-electron chi connectivity index (χ0n) is 17.9. The van der Waals surface area contributed by atoms with Crippen molar-refractivity contribution in [1.82, 2.24) is 4.57 Å². The van der Waals surface area contributed by atoms with Crippen LogP contribution >= 0.6 is 0 Å². The highest BCUT2D eigenvalue weighted by atomic mass is 16.5. The summed E-state index contributed by atoms with van der Waals surface area (Å²) in [6.45, 7) is 11.7. The van der Waals surface area contributed by atoms with Crippen molar-refractivity contribution in [3.05, 3.63) is 87.2 Å². The Bertz CT molecular complexity index is 1040. The first kappa shape index (κ1) is 20.6. The predicted molar refractivity (Wildman–Crippen MR) is 115 cm³/mol. The Balaban J connectivity index is 1.73. The van der Waals surface area contributed by atoms with Gasteiger partial charge in [0.15, 0.2) is 6.61 Å². The van der Waals surface area contributed by atoms with Crippen molar-refractivity contribution in [3.63, 3.8) is 0 Å². The van der Waals surface area contributed by atoms with Gasteiger partial charge in [-0.15, -0.1) is 0 Å². The number of rotatable bonds is 5. The SMILES string of the molecule is Cc1cc(C)c(C)c(C(=O)COC(=O)c2ccc(-n3c(C)ccc3C)cc2)c1C. The molecular formula is C25H27NO3. The molecule has 3 aromatic rings. The van der Waals surface area contributed by atoms with Crippen molar-refractivity contribution in [1.29, 1.82) is 0 Å². The van der Waals surface area contributed by atoms with Crippen molar-refractivity contribution in [2.75, 3.05) is 6.61 Å². The molecule has 0 spiro atoms. The molecule has 0 N–H and O–H groups in total. The predicted octanol–water partition coefficient (Wildman–Crippen LogP) is 5.37. The summed E-state index contributed by atoms with van der Waals surface area (Å²) < 4.78 is 7.43. The molecule has 0 amide bonds. The average Bonchev–Trinajstić information content (AvgIpc) is 3.03. The molecule has 4 heteroatoms. The summed E-state index contributed by atoms with van der Waals surface area (Å²) in [6, 6.07) is 13.4. The van der Waals surface area contributed by atoms with Crippen LogP contribution in [0, 0.1) is 41.5 Å². The summed E-state index contributed by atoms with van der Waals surface area (Å²) in [4.78, 5) is 25.2. The van der Waals surface area contributed by atoms with Crippen LogP contribution < -0.4 is 0 Å². The molecule has 3 rings (SSSR count). The van der Waals surface area contributed by atoms with E-state index in [1.807, 2.05) is 53.7 Å². The molecule has 0 saturated carbocycles. The Kier molecular flexibility index (Phi) is 5.73. The number of ketones is 1. The van der Waals surface area contributed by atoms with Crippen LogP contribution in [0.4, 0.5) is 0 Å². The maximum absolute atomic E-state index is 12.7. The van der Waals surface area contributed by atoms with Gasteiger partial charge in [-0.25, -0.2) is 4.79 Å². The van der Waals surface area contributed by atoms with Crippen molar-refractivity contribution in [2.45, 2.75) is 41.5 Å². The van der Waals surface area contributed by atoms with Crippen LogP contribution in [-0.4, -0.2) is 22.9 Å². The fraction of sp³-hybridized carbons (Fsp3) is 0.280. The van der Waals surface area contributed by atoms with Gasteiger partial charge in [0.2, 0.25) is 5.78 Å². The second kappa shape index (κ2) is 8.08. The second-order valence-corrected chi connectivity index (χ2v) is 7.63. The standard InChI is InChI=1S/C25H27NO3/c1-15-13-16(2)20(6)24(19(15)5)23(27)14-29-25(28)21-9-11-22(12-10-21)26-17(3)7-8-18(26)4/h7-13H,14H2,1-6H3. The van der Waals surface area contributed by atoms with E-state index in [0.29, 0.717) is 11.1 Å². The Morgan fingerprint density at radius 3 is 1.83 bits per heavy atom. The fourth-order valence-corrected chi connectivity index (χ4v) is 3.74. The summed E-state index contributed by atoms with van der Waals surface area (Å²) >= 11 is 0. The molecule has 150 valence electrons. The summed E-state index contributed by atoms with van der Waals surface area (Å²) in [7, 11) is 0. The highest BCUT2D eigenvalue weighted by Gasteiger charge is 2.18. The third-order valence-electron chi connectivity index (χ3n) is 5.61. The smallest absolute Gasteiger partial charge is 0.338 e. The molecule has 0 unspecified atom stereocenters. The highest BCUT2D eigenvalue weighted by molar-refractivity contribution is 6.02. The summed E-state index contributed by atoms with van der Waals surface area (Å²) in [6.07, 6.45) is 0. The number of aryl methyl sites for hydroxylation is 4. The number of carbonyl (C=O) groups excluding carboxylic acids is 2. The lowest BCUT2D eigenvalue weighted by Gasteiger charge is -2.14. The minimum Gasteiger partial charge on any atom is -0.454 e. The van der Waals surface area contributed by atoms with Crippen molar-refractivity contribution in [3.8, 4) is 5.69 Å². The van der Waals surface area contributed by atoms with E-state index < -0.39 is 5.97 Å². The molecule has 0 bridgehead atoms. The molecular weight excluding hydrogens is 362 g/mol. The molecule has 0 atom stereocenters. The topological polar surface area (TPSA) is 48.3 Å². The zero-order chi connectivity index (χ0) is 21.3. The van der Waals surface area contributed by atoms with Crippen molar-refractivity contribution < 1.29 is 14.3 Å². The number of nitrogens with zero attached hydrogens (tertiary/aromatic N) is 1. The van der Waals surface area contributed by atoms with Crippen LogP contribution in [0.15, 0.2) is 42.5 Å². The van der Waals surface area contributed by atoms with Gasteiger partial charge in [0, 0.05) is 22.6 Å². The van der Waals surface area contributed by atoms with Gasteiger partial charge >= 0.3 is 5.97 Å². The lowest BCUT2D eigenvalue weighted by atomic mass is 9.92. The third kappa shape index (κ3) is 4.02. The van der Waals surface area contributed by atoms with Gasteiger partial charge in [0.25, 0.3) is 0 Å². The lowest BCUT2D eigenvalue weighted by Crippen LogP contribution is -2.17. The monoisotopic (exact) mass is 389 g/mol. The summed E-state index contributed by atoms with van der Waals surface area (Å²) in [5, 5.41) is 0. The van der Waals surface area contributed by atoms with Gasteiger partial charge in [-0.3, -0.25) is 4.79 Å². The van der Waals surface area contributed by atoms with E-state index in [2.05, 4.69) is 22.8 Å². The van der Waals surface area contributed by atoms with Crippen LogP contribution in [0.2, 0.25) is 0 Å². The van der Waals surface area contributed by atoms with Gasteiger partial charge in [0.05, 0.1) is 5.56 Å². The van der Waals surface area contributed by atoms with E-state index in [9.17, 15) is 9.59 Å². The van der Waals surface area contributed by atoms with Crippen LogP contribution in [-0.2, 0) is 4.74 Å². The Morgan fingerprint density at radius 2 is 1.31 bits per heavy atom. The molecule has 2 aromatic carbocycles. The number of carbonyl (C=O) groups is 2. The largest absolute Gasteiger partial charge is 0.454 e. The molecule has 0 fully saturated rings. The van der Waals surface area contributed by atoms with Crippen LogP contribution in [0.1, 0.15) is 54.4 Å². The molecule has 0 aliphatic rings. The molecule has 1 aromatic heterocycles. The molecule has 1 heterocycles. The lowest BCUT2D eigenvalue weighted by molar-refractivity contribution is 0.0474. The van der Waals surface area contributed by atoms with E-state index >= 15 is 0 Å². The number of hydrogen-bond donors (Lipinski definition) is 0. The summed E-state index contributed by atoms with van der Waals surface area (Å²) in [5.74, 6) is -0.666. The molecule has 4 nitrogen and oxygen atoms in total. The van der Waals surface area contributed by atoms with Crippen molar-refractivity contribution in [2.24, 2.45) is 0 Å². The first-order valence-corrected chi connectivity index (χ1v) is 9.73. The van der Waals surface area contributed by atoms with Gasteiger partial charge in [-0.1, -0.05) is 6.07 Å². The number of benzene rings is 2. The van der Waals surface area contributed by atoms with Crippen LogP contribution in [0.5, 0.6) is 0 Å². The highest BCUT2D eigenvalue weighted by Crippen LogP contribution is 2.22. The number of ether oxygens (including phenoxy) is 1. The molecule has 0 saturated heterocycles. The molecule has 0 aliphatic carbocycles. The van der Waals surface area contributed by atoms with E-state index in [4.69, 9.17) is 4.74 Å². The minimum absolute atomic E-state index is 0.171. The zero-order valence-corrected chi connectivity index (χ0v) is 17.9. The fourth-order valence-electron chi connectivity index (χ4n) is 3.74. The number of esters is 1. The van der Waals surface area contributed by atoms with Gasteiger partial charge < -0.3 is 9.30 Å². The number of Topliss-reactive ketones (excluding diaryl/α,β-unsaturated/α-hetero) is 1. The molecule has 0 radical (unpaired) electrons. The maximum Gasteiger partial charge on any atom is 0.338 e. The van der Waals surface area contributed by atoms with E-state index in [0.717, 1.165) is 39.3 Å². The maximum atomic E-state index is 12.7. The Labute approximate surface area is 172 Å². The molecule has 29 heavy (non-hydrogen) atoms. The molecule has 0 aliphatic heterocycles. The number of hydrogen-bond acceptors (Lipinski definition) is 3. The Morgan fingerprint density at radius 1 is 0.793 bits per heavy atom. The van der Waals surface area contributed by atoms with Crippen molar-refractivity contribution >= 4 is 11.8 Å². The second-order valence-electron chi connectivity index (χ2n) is 7.63. The number of aromatic nitrogens is 1. The van der Waals surface area contributed by atoms with E-state index in [1.54, 1.807) is 12.1 Å².